The summed E-state index contributed by atoms with van der Waals surface area (Å²) in [5.41, 5.74) is 0. The lowest BCUT2D eigenvalue weighted by Gasteiger charge is -2.34. The summed E-state index contributed by atoms with van der Waals surface area (Å²) in [5, 5.41) is -0.910. The molecule has 2 saturated heterocycles. The van der Waals surface area contributed by atoms with Crippen molar-refractivity contribution in [3.8, 4) is 0 Å². The van der Waals surface area contributed by atoms with Crippen LogP contribution in [0.1, 0.15) is 39.0 Å². The van der Waals surface area contributed by atoms with Gasteiger partial charge in [0.15, 0.2) is 9.84 Å². The van der Waals surface area contributed by atoms with Crippen LogP contribution < -0.4 is 0 Å². The lowest BCUT2D eigenvalue weighted by molar-refractivity contribution is -0.151. The number of carbonyl (C=O) groups is 2. The van der Waals surface area contributed by atoms with E-state index in [-0.39, 0.29) is 30.1 Å². The molecule has 1 unspecified atom stereocenters. The normalized spacial score (nSPS) is 28.9. The van der Waals surface area contributed by atoms with Gasteiger partial charge in [-0.05, 0) is 32.6 Å². The number of ether oxygens (including phenoxy) is 1. The van der Waals surface area contributed by atoms with Crippen LogP contribution in [0.5, 0.6) is 0 Å². The van der Waals surface area contributed by atoms with E-state index >= 15 is 0 Å². The van der Waals surface area contributed by atoms with Gasteiger partial charge in [-0.1, -0.05) is 6.42 Å². The minimum Gasteiger partial charge on any atom is -0.466 e. The number of piperidine rings is 1. The SMILES string of the molecule is CCOC(=O)[C@H]1CCCN(C(=O)C2CCCCS2(=O)=O)C1. The van der Waals surface area contributed by atoms with Crippen LogP contribution in [0, 0.1) is 5.92 Å². The highest BCUT2D eigenvalue weighted by Gasteiger charge is 2.39. The Balaban J connectivity index is 2.03. The number of sulfone groups is 1. The molecule has 0 aromatic heterocycles. The van der Waals surface area contributed by atoms with Crippen molar-refractivity contribution in [2.75, 3.05) is 25.4 Å². The van der Waals surface area contributed by atoms with Crippen molar-refractivity contribution in [2.24, 2.45) is 5.92 Å². The Hall–Kier alpha value is -1.11. The maximum absolute atomic E-state index is 12.5. The zero-order valence-corrected chi connectivity index (χ0v) is 13.2. The highest BCUT2D eigenvalue weighted by Crippen LogP contribution is 2.25. The lowest BCUT2D eigenvalue weighted by Crippen LogP contribution is -2.50. The molecule has 6 nitrogen and oxygen atoms in total. The fourth-order valence-corrected chi connectivity index (χ4v) is 4.94. The molecule has 0 radical (unpaired) electrons. The molecule has 2 aliphatic rings. The summed E-state index contributed by atoms with van der Waals surface area (Å²) in [6.45, 7) is 2.88. The van der Waals surface area contributed by atoms with E-state index in [2.05, 4.69) is 0 Å². The molecule has 0 saturated carbocycles. The molecular formula is C14H23NO5S. The van der Waals surface area contributed by atoms with Gasteiger partial charge in [-0.3, -0.25) is 9.59 Å². The van der Waals surface area contributed by atoms with Crippen molar-refractivity contribution >= 4 is 21.7 Å². The van der Waals surface area contributed by atoms with Crippen LogP contribution in [-0.2, 0) is 24.2 Å². The lowest BCUT2D eigenvalue weighted by atomic mass is 9.97. The summed E-state index contributed by atoms with van der Waals surface area (Å²) >= 11 is 0. The van der Waals surface area contributed by atoms with Crippen LogP contribution in [0.15, 0.2) is 0 Å². The van der Waals surface area contributed by atoms with Gasteiger partial charge in [-0.25, -0.2) is 8.42 Å². The maximum atomic E-state index is 12.5. The summed E-state index contributed by atoms with van der Waals surface area (Å²) in [5.74, 6) is -0.849. The molecule has 2 aliphatic heterocycles. The second-order valence-corrected chi connectivity index (χ2v) is 8.03. The van der Waals surface area contributed by atoms with E-state index in [9.17, 15) is 18.0 Å². The molecule has 0 spiro atoms. The number of nitrogens with zero attached hydrogens (tertiary/aromatic N) is 1. The van der Waals surface area contributed by atoms with Gasteiger partial charge in [-0.15, -0.1) is 0 Å². The number of hydrogen-bond donors (Lipinski definition) is 0. The largest absolute Gasteiger partial charge is 0.466 e. The fraction of sp³-hybridized carbons (Fsp3) is 0.857. The molecule has 7 heteroatoms. The van der Waals surface area contributed by atoms with Crippen molar-refractivity contribution in [3.63, 3.8) is 0 Å². The topological polar surface area (TPSA) is 80.8 Å². The van der Waals surface area contributed by atoms with Crippen molar-refractivity contribution in [2.45, 2.75) is 44.3 Å². The van der Waals surface area contributed by atoms with Crippen LogP contribution in [0.4, 0.5) is 0 Å². The second-order valence-electron chi connectivity index (χ2n) is 5.73. The molecule has 2 rings (SSSR count). The fourth-order valence-electron chi connectivity index (χ4n) is 3.07. The molecule has 120 valence electrons. The predicted octanol–water partition coefficient (Wildman–Crippen LogP) is 0.755. The Bertz CT molecular complexity index is 501. The number of likely N-dealkylation sites (tertiary alicyclic amines) is 1. The third-order valence-corrected chi connectivity index (χ3v) is 6.37. The first kappa shape index (κ1) is 16.3. The molecule has 2 heterocycles. The van der Waals surface area contributed by atoms with E-state index in [0.717, 1.165) is 6.42 Å². The molecule has 2 atom stereocenters. The molecule has 0 aliphatic carbocycles. The van der Waals surface area contributed by atoms with Crippen LogP contribution in [-0.4, -0.2) is 55.9 Å². The maximum Gasteiger partial charge on any atom is 0.310 e. The molecule has 0 N–H and O–H groups in total. The summed E-state index contributed by atoms with van der Waals surface area (Å²) in [6, 6.07) is 0. The van der Waals surface area contributed by atoms with E-state index in [0.29, 0.717) is 38.8 Å². The van der Waals surface area contributed by atoms with Gasteiger partial charge >= 0.3 is 5.97 Å². The van der Waals surface area contributed by atoms with Crippen molar-refractivity contribution in [1.82, 2.24) is 4.90 Å². The molecule has 0 aromatic carbocycles. The molecule has 0 bridgehead atoms. The first-order valence-electron chi connectivity index (χ1n) is 7.62. The standard InChI is InChI=1S/C14H23NO5S/c1-2-20-14(17)11-6-5-8-15(10-11)13(16)12-7-3-4-9-21(12,18)19/h11-12H,2-10H2,1H3/t11-,12?/m0/s1. The average Bonchev–Trinajstić information content (AvgIpc) is 2.46. The van der Waals surface area contributed by atoms with Gasteiger partial charge in [-0.2, -0.15) is 0 Å². The highest BCUT2D eigenvalue weighted by molar-refractivity contribution is 7.92. The van der Waals surface area contributed by atoms with Crippen molar-refractivity contribution in [3.05, 3.63) is 0 Å². The van der Waals surface area contributed by atoms with E-state index in [4.69, 9.17) is 4.74 Å². The Morgan fingerprint density at radius 1 is 1.19 bits per heavy atom. The smallest absolute Gasteiger partial charge is 0.310 e. The van der Waals surface area contributed by atoms with Gasteiger partial charge in [0, 0.05) is 13.1 Å². The molecule has 21 heavy (non-hydrogen) atoms. The summed E-state index contributed by atoms with van der Waals surface area (Å²) in [6.07, 6.45) is 3.21. The first-order valence-corrected chi connectivity index (χ1v) is 9.34. The predicted molar refractivity (Wildman–Crippen MR) is 77.4 cm³/mol. The third kappa shape index (κ3) is 3.75. The number of rotatable bonds is 3. The van der Waals surface area contributed by atoms with Crippen LogP contribution in [0.2, 0.25) is 0 Å². The number of carbonyl (C=O) groups excluding carboxylic acids is 2. The first-order chi connectivity index (χ1) is 9.95. The number of hydrogen-bond acceptors (Lipinski definition) is 5. The van der Waals surface area contributed by atoms with E-state index in [1.807, 2.05) is 0 Å². The van der Waals surface area contributed by atoms with Gasteiger partial charge in [0.2, 0.25) is 5.91 Å². The van der Waals surface area contributed by atoms with E-state index < -0.39 is 15.1 Å². The number of esters is 1. The van der Waals surface area contributed by atoms with Crippen LogP contribution >= 0.6 is 0 Å². The van der Waals surface area contributed by atoms with Gasteiger partial charge in [0.1, 0.15) is 5.25 Å². The minimum absolute atomic E-state index is 0.0958. The van der Waals surface area contributed by atoms with Gasteiger partial charge < -0.3 is 9.64 Å². The molecule has 0 aromatic rings. The highest BCUT2D eigenvalue weighted by atomic mass is 32.2. The Labute approximate surface area is 125 Å². The Morgan fingerprint density at radius 2 is 1.95 bits per heavy atom. The zero-order valence-electron chi connectivity index (χ0n) is 12.4. The Morgan fingerprint density at radius 3 is 2.62 bits per heavy atom. The molecule has 1 amide bonds. The van der Waals surface area contributed by atoms with Crippen molar-refractivity contribution in [1.29, 1.82) is 0 Å². The zero-order chi connectivity index (χ0) is 15.5. The van der Waals surface area contributed by atoms with Crippen LogP contribution in [0.3, 0.4) is 0 Å². The van der Waals surface area contributed by atoms with E-state index in [1.165, 1.54) is 0 Å². The molecule has 2 fully saturated rings. The third-order valence-electron chi connectivity index (χ3n) is 4.21. The minimum atomic E-state index is -3.33. The second kappa shape index (κ2) is 6.77. The van der Waals surface area contributed by atoms with Gasteiger partial charge in [0.25, 0.3) is 0 Å². The summed E-state index contributed by atoms with van der Waals surface area (Å²) < 4.78 is 29.1. The quantitative estimate of drug-likeness (QED) is 0.718. The monoisotopic (exact) mass is 317 g/mol. The molecular weight excluding hydrogens is 294 g/mol. The average molecular weight is 317 g/mol. The summed E-state index contributed by atoms with van der Waals surface area (Å²) in [4.78, 5) is 25.8. The Kier molecular flexibility index (Phi) is 5.24. The van der Waals surface area contributed by atoms with E-state index in [1.54, 1.807) is 11.8 Å². The number of amides is 1. The van der Waals surface area contributed by atoms with Gasteiger partial charge in [0.05, 0.1) is 18.3 Å². The summed E-state index contributed by atoms with van der Waals surface area (Å²) in [7, 11) is -3.33. The van der Waals surface area contributed by atoms with Crippen LogP contribution in [0.25, 0.3) is 0 Å². The van der Waals surface area contributed by atoms with Crippen molar-refractivity contribution < 1.29 is 22.7 Å².